The topological polar surface area (TPSA) is 0 Å². The monoisotopic (exact) mass is 584 g/mol. The number of allylic oxidation sites excluding steroid dienone is 1. The molecule has 0 aliphatic heterocycles. The van der Waals surface area contributed by atoms with Crippen LogP contribution >= 0.6 is 0 Å². The van der Waals surface area contributed by atoms with Gasteiger partial charge in [-0.15, -0.1) is 0 Å². The second-order valence-corrected chi connectivity index (χ2v) is 12.4. The fraction of sp³-hybridized carbons (Fsp3) is 0.0435. The summed E-state index contributed by atoms with van der Waals surface area (Å²) in [6.45, 7) is 0. The molecule has 0 aromatic heterocycles. The summed E-state index contributed by atoms with van der Waals surface area (Å²) in [7, 11) is 0. The van der Waals surface area contributed by atoms with Gasteiger partial charge < -0.3 is 0 Å². The largest absolute Gasteiger partial charge is 0.0757 e. The third-order valence-corrected chi connectivity index (χ3v) is 9.72. The summed E-state index contributed by atoms with van der Waals surface area (Å²) in [5.41, 5.74) is 13.0. The smallest absolute Gasteiger partial charge is 0.00262 e. The summed E-state index contributed by atoms with van der Waals surface area (Å²) >= 11 is 0. The Morgan fingerprint density at radius 1 is 0.348 bits per heavy atom. The van der Waals surface area contributed by atoms with Gasteiger partial charge in [-0.25, -0.2) is 0 Å². The highest BCUT2D eigenvalue weighted by Crippen LogP contribution is 2.44. The zero-order chi connectivity index (χ0) is 30.5. The van der Waals surface area contributed by atoms with Crippen LogP contribution in [0.4, 0.5) is 0 Å². The molecule has 0 heterocycles. The molecule has 0 unspecified atom stereocenters. The van der Waals surface area contributed by atoms with Crippen molar-refractivity contribution in [1.29, 1.82) is 0 Å². The molecule has 8 aromatic rings. The van der Waals surface area contributed by atoms with E-state index in [-0.39, 0.29) is 0 Å². The van der Waals surface area contributed by atoms with Crippen molar-refractivity contribution in [2.45, 2.75) is 12.8 Å². The van der Waals surface area contributed by atoms with Crippen molar-refractivity contribution in [2.24, 2.45) is 0 Å². The molecule has 0 nitrogen and oxygen atoms in total. The van der Waals surface area contributed by atoms with Gasteiger partial charge in [-0.05, 0) is 113 Å². The summed E-state index contributed by atoms with van der Waals surface area (Å²) in [5.74, 6) is 0. The Labute approximate surface area is 269 Å². The van der Waals surface area contributed by atoms with Crippen molar-refractivity contribution < 1.29 is 0 Å². The Morgan fingerprint density at radius 2 is 0.913 bits per heavy atom. The molecular formula is C46H32. The minimum atomic E-state index is 1.08. The van der Waals surface area contributed by atoms with Gasteiger partial charge >= 0.3 is 0 Å². The Kier molecular flexibility index (Phi) is 6.39. The molecule has 1 aliphatic carbocycles. The molecule has 0 fully saturated rings. The molecule has 1 aliphatic rings. The van der Waals surface area contributed by atoms with Crippen LogP contribution in [-0.2, 0) is 6.42 Å². The van der Waals surface area contributed by atoms with Gasteiger partial charge in [0.05, 0.1) is 0 Å². The normalized spacial score (nSPS) is 12.7. The maximum absolute atomic E-state index is 2.42. The van der Waals surface area contributed by atoms with Crippen molar-refractivity contribution in [3.05, 3.63) is 187 Å². The predicted molar refractivity (Wildman–Crippen MR) is 197 cm³/mol. The van der Waals surface area contributed by atoms with Crippen LogP contribution in [-0.4, -0.2) is 0 Å². The number of hydrogen-bond donors (Lipinski definition) is 0. The minimum Gasteiger partial charge on any atom is -0.0757 e. The van der Waals surface area contributed by atoms with Gasteiger partial charge in [0.15, 0.2) is 0 Å². The van der Waals surface area contributed by atoms with E-state index in [2.05, 4.69) is 170 Å². The zero-order valence-electron chi connectivity index (χ0n) is 25.6. The maximum atomic E-state index is 2.42. The second kappa shape index (κ2) is 11.0. The molecule has 0 saturated heterocycles. The Balaban J connectivity index is 1.20. The average molecular weight is 585 g/mol. The first-order valence-corrected chi connectivity index (χ1v) is 16.2. The number of benzene rings is 8. The lowest BCUT2D eigenvalue weighted by Gasteiger charge is -2.20. The van der Waals surface area contributed by atoms with Gasteiger partial charge in [0.25, 0.3) is 0 Å². The van der Waals surface area contributed by atoms with Gasteiger partial charge in [-0.1, -0.05) is 158 Å². The highest BCUT2D eigenvalue weighted by Gasteiger charge is 2.18. The van der Waals surface area contributed by atoms with E-state index in [0.29, 0.717) is 0 Å². The first-order valence-electron chi connectivity index (χ1n) is 16.2. The van der Waals surface area contributed by atoms with Crippen molar-refractivity contribution in [2.75, 3.05) is 0 Å². The van der Waals surface area contributed by atoms with Crippen molar-refractivity contribution in [3.8, 4) is 33.4 Å². The summed E-state index contributed by atoms with van der Waals surface area (Å²) in [6.07, 6.45) is 4.61. The molecule has 216 valence electrons. The lowest BCUT2D eigenvalue weighted by atomic mass is 9.83. The Hall–Kier alpha value is -5.72. The average Bonchev–Trinajstić information content (AvgIpc) is 3.13. The molecule has 0 bridgehead atoms. The highest BCUT2D eigenvalue weighted by atomic mass is 14.2. The number of hydrogen-bond acceptors (Lipinski definition) is 0. The van der Waals surface area contributed by atoms with E-state index in [1.807, 2.05) is 0 Å². The minimum absolute atomic E-state index is 1.08. The summed E-state index contributed by atoms with van der Waals surface area (Å²) in [5, 5.41) is 7.66. The van der Waals surface area contributed by atoms with Crippen LogP contribution in [0.3, 0.4) is 0 Å². The van der Waals surface area contributed by atoms with E-state index in [4.69, 9.17) is 0 Å². The van der Waals surface area contributed by atoms with E-state index < -0.39 is 0 Å². The quantitative estimate of drug-likeness (QED) is 0.181. The SMILES string of the molecule is C1=C(c2cccc(-c3c4ccccc4c(-c4ccc(-c5ccc6ccccc6c5)cc4)c4ccccc34)c2)c2ccccc2CC1. The van der Waals surface area contributed by atoms with E-state index in [1.54, 1.807) is 0 Å². The number of fused-ring (bicyclic) bond motifs is 4. The van der Waals surface area contributed by atoms with Gasteiger partial charge in [-0.3, -0.25) is 0 Å². The first kappa shape index (κ1) is 26.7. The number of aryl methyl sites for hydroxylation is 1. The van der Waals surface area contributed by atoms with E-state index >= 15 is 0 Å². The molecule has 0 amide bonds. The molecule has 0 radical (unpaired) electrons. The number of rotatable bonds is 4. The van der Waals surface area contributed by atoms with Crippen LogP contribution in [0, 0.1) is 0 Å². The van der Waals surface area contributed by atoms with Crippen molar-refractivity contribution in [1.82, 2.24) is 0 Å². The standard InChI is InChI=1S/C46H32/c1-2-13-35-29-36(28-25-31(35)11-1)32-23-26-34(27-24-32)45-41-18-5-7-20-43(41)46(44-21-8-6-19-42(44)45)38-16-9-15-37(30-38)40-22-10-14-33-12-3-4-17-39(33)40/h1-9,11-13,15-30H,10,14H2. The lowest BCUT2D eigenvalue weighted by Crippen LogP contribution is -2.00. The van der Waals surface area contributed by atoms with Gasteiger partial charge in [0.1, 0.15) is 0 Å². The molecule has 0 atom stereocenters. The van der Waals surface area contributed by atoms with Gasteiger partial charge in [0, 0.05) is 0 Å². The maximum Gasteiger partial charge on any atom is -0.00262 e. The summed E-state index contributed by atoms with van der Waals surface area (Å²) < 4.78 is 0. The lowest BCUT2D eigenvalue weighted by molar-refractivity contribution is 0.978. The summed E-state index contributed by atoms with van der Waals surface area (Å²) in [6, 6.07) is 60.4. The summed E-state index contributed by atoms with van der Waals surface area (Å²) in [4.78, 5) is 0. The zero-order valence-corrected chi connectivity index (χ0v) is 25.6. The van der Waals surface area contributed by atoms with E-state index in [0.717, 1.165) is 12.8 Å². The van der Waals surface area contributed by atoms with Crippen LogP contribution in [0.1, 0.15) is 23.1 Å². The first-order chi connectivity index (χ1) is 22.8. The van der Waals surface area contributed by atoms with Crippen LogP contribution in [0.15, 0.2) is 170 Å². The fourth-order valence-corrected chi connectivity index (χ4v) is 7.55. The van der Waals surface area contributed by atoms with Crippen LogP contribution < -0.4 is 0 Å². The molecule has 0 saturated carbocycles. The molecular weight excluding hydrogens is 553 g/mol. The van der Waals surface area contributed by atoms with E-state index in [9.17, 15) is 0 Å². The van der Waals surface area contributed by atoms with Crippen molar-refractivity contribution >= 4 is 37.9 Å². The second-order valence-electron chi connectivity index (χ2n) is 12.4. The third kappa shape index (κ3) is 4.45. The molecule has 0 spiro atoms. The molecule has 46 heavy (non-hydrogen) atoms. The Morgan fingerprint density at radius 3 is 1.65 bits per heavy atom. The van der Waals surface area contributed by atoms with Gasteiger partial charge in [0.2, 0.25) is 0 Å². The fourth-order valence-electron chi connectivity index (χ4n) is 7.55. The van der Waals surface area contributed by atoms with Crippen LogP contribution in [0.25, 0.3) is 71.3 Å². The molecule has 0 heteroatoms. The van der Waals surface area contributed by atoms with Gasteiger partial charge in [-0.2, -0.15) is 0 Å². The Bertz CT molecular complexity index is 2400. The van der Waals surface area contributed by atoms with Crippen LogP contribution in [0.2, 0.25) is 0 Å². The van der Waals surface area contributed by atoms with Crippen molar-refractivity contribution in [3.63, 3.8) is 0 Å². The third-order valence-electron chi connectivity index (χ3n) is 9.72. The molecule has 0 N–H and O–H groups in total. The molecule has 8 aromatic carbocycles. The highest BCUT2D eigenvalue weighted by molar-refractivity contribution is 6.21. The van der Waals surface area contributed by atoms with E-state index in [1.165, 1.54) is 88.0 Å². The van der Waals surface area contributed by atoms with Crippen LogP contribution in [0.5, 0.6) is 0 Å². The predicted octanol–water partition coefficient (Wildman–Crippen LogP) is 12.5. The molecule has 9 rings (SSSR count).